The van der Waals surface area contributed by atoms with Gasteiger partial charge in [0.25, 0.3) is 0 Å². The molecule has 0 atom stereocenters. The maximum Gasteiger partial charge on any atom is 0.321 e. The van der Waals surface area contributed by atoms with E-state index in [9.17, 15) is 21.6 Å². The summed E-state index contributed by atoms with van der Waals surface area (Å²) in [5, 5.41) is 5.00. The van der Waals surface area contributed by atoms with Crippen LogP contribution in [0.2, 0.25) is 0 Å². The molecule has 2 aromatic carbocycles. The van der Waals surface area contributed by atoms with E-state index in [4.69, 9.17) is 14.6 Å². The van der Waals surface area contributed by atoms with E-state index in [1.165, 1.54) is 43.4 Å². The Morgan fingerprint density at radius 2 is 1.48 bits per heavy atom. The number of primary sulfonamides is 1. The number of nitrogens with two attached hydrogens (primary N) is 1. The number of ether oxygens (including phenoxy) is 2. The number of rotatable bonds is 9. The van der Waals surface area contributed by atoms with Gasteiger partial charge < -0.3 is 9.47 Å². The van der Waals surface area contributed by atoms with Gasteiger partial charge in [-0.3, -0.25) is 4.79 Å². The van der Waals surface area contributed by atoms with Crippen LogP contribution in [0.5, 0.6) is 5.75 Å². The number of likely N-dealkylation sites (N-methyl/N-ethyl adjacent to an activating group) is 1. The molecule has 0 fully saturated rings. The van der Waals surface area contributed by atoms with Crippen molar-refractivity contribution in [3.05, 3.63) is 54.1 Å². The van der Waals surface area contributed by atoms with Crippen molar-refractivity contribution in [3.8, 4) is 5.75 Å². The molecule has 2 rings (SSSR count). The van der Waals surface area contributed by atoms with Crippen LogP contribution in [0.4, 0.5) is 0 Å². The van der Waals surface area contributed by atoms with E-state index in [1.807, 2.05) is 6.92 Å². The van der Waals surface area contributed by atoms with Crippen molar-refractivity contribution in [2.24, 2.45) is 5.14 Å². The Labute approximate surface area is 170 Å². The summed E-state index contributed by atoms with van der Waals surface area (Å²) in [5.74, 6) is -0.358. The Bertz CT molecular complexity index is 1050. The van der Waals surface area contributed by atoms with Crippen LogP contribution in [0.1, 0.15) is 5.56 Å². The number of esters is 1. The van der Waals surface area contributed by atoms with E-state index in [1.54, 1.807) is 12.1 Å². The third-order valence-corrected chi connectivity index (χ3v) is 6.60. The van der Waals surface area contributed by atoms with Crippen molar-refractivity contribution in [2.75, 3.05) is 26.8 Å². The molecule has 2 N–H and O–H groups in total. The van der Waals surface area contributed by atoms with Crippen molar-refractivity contribution < 1.29 is 31.1 Å². The van der Waals surface area contributed by atoms with Gasteiger partial charge in [0.2, 0.25) is 20.0 Å². The maximum absolute atomic E-state index is 12.4. The van der Waals surface area contributed by atoms with Crippen molar-refractivity contribution in [2.45, 2.75) is 16.7 Å². The van der Waals surface area contributed by atoms with Gasteiger partial charge in [0.15, 0.2) is 0 Å². The lowest BCUT2D eigenvalue weighted by Gasteiger charge is -2.16. The standard InChI is InChI=1S/C18H22N2O7S2/c1-14-3-7-17(8-4-14)29(24,25)20(2)13-18(21)27-12-11-26-15-5-9-16(10-6-15)28(19,22)23/h3-10H,11-13H2,1-2H3,(H2,19,22,23). The van der Waals surface area contributed by atoms with Crippen LogP contribution in [0.25, 0.3) is 0 Å². The van der Waals surface area contributed by atoms with Crippen LogP contribution < -0.4 is 9.88 Å². The normalized spacial score (nSPS) is 12.0. The van der Waals surface area contributed by atoms with Gasteiger partial charge in [0.05, 0.1) is 9.79 Å². The van der Waals surface area contributed by atoms with Gasteiger partial charge in [-0.15, -0.1) is 0 Å². The van der Waals surface area contributed by atoms with Gasteiger partial charge in [-0.2, -0.15) is 4.31 Å². The average molecular weight is 443 g/mol. The fourth-order valence-electron chi connectivity index (χ4n) is 2.24. The lowest BCUT2D eigenvalue weighted by atomic mass is 10.2. The summed E-state index contributed by atoms with van der Waals surface area (Å²) in [6.45, 7) is 1.30. The number of hydrogen-bond donors (Lipinski definition) is 1. The van der Waals surface area contributed by atoms with Crippen LogP contribution in [0.15, 0.2) is 58.3 Å². The van der Waals surface area contributed by atoms with E-state index in [2.05, 4.69) is 0 Å². The second kappa shape index (κ2) is 9.35. The fraction of sp³-hybridized carbons (Fsp3) is 0.278. The van der Waals surface area contributed by atoms with Crippen LogP contribution in [0, 0.1) is 6.92 Å². The summed E-state index contributed by atoms with van der Waals surface area (Å²) < 4.78 is 58.4. The van der Waals surface area contributed by atoms with Crippen molar-refractivity contribution in [1.82, 2.24) is 4.31 Å². The van der Waals surface area contributed by atoms with Crippen LogP contribution in [-0.2, 0) is 29.6 Å². The largest absolute Gasteiger partial charge is 0.490 e. The molecule has 0 bridgehead atoms. The van der Waals surface area contributed by atoms with Gasteiger partial charge in [0, 0.05) is 7.05 Å². The number of hydrogen-bond acceptors (Lipinski definition) is 7. The first-order chi connectivity index (χ1) is 13.5. The highest BCUT2D eigenvalue weighted by atomic mass is 32.2. The zero-order valence-electron chi connectivity index (χ0n) is 15.9. The molecule has 158 valence electrons. The Hall–Kier alpha value is -2.47. The SMILES string of the molecule is Cc1ccc(S(=O)(=O)N(C)CC(=O)OCCOc2ccc(S(N)(=O)=O)cc2)cc1. The second-order valence-electron chi connectivity index (χ2n) is 6.16. The minimum Gasteiger partial charge on any atom is -0.490 e. The molecule has 11 heteroatoms. The highest BCUT2D eigenvalue weighted by molar-refractivity contribution is 7.89. The van der Waals surface area contributed by atoms with Crippen molar-refractivity contribution in [3.63, 3.8) is 0 Å². The number of sulfonamides is 2. The topological polar surface area (TPSA) is 133 Å². The number of benzene rings is 2. The van der Waals surface area contributed by atoms with Crippen LogP contribution >= 0.6 is 0 Å². The molecule has 9 nitrogen and oxygen atoms in total. The highest BCUT2D eigenvalue weighted by Gasteiger charge is 2.23. The molecular weight excluding hydrogens is 420 g/mol. The molecule has 0 aliphatic heterocycles. The molecule has 0 unspecified atom stereocenters. The third kappa shape index (κ3) is 6.53. The molecule has 29 heavy (non-hydrogen) atoms. The summed E-state index contributed by atoms with van der Waals surface area (Å²) in [7, 11) is -6.29. The quantitative estimate of drug-likeness (QED) is 0.450. The van der Waals surface area contributed by atoms with Gasteiger partial charge >= 0.3 is 5.97 Å². The molecule has 0 saturated heterocycles. The summed E-state index contributed by atoms with van der Waals surface area (Å²) in [5.41, 5.74) is 0.922. The summed E-state index contributed by atoms with van der Waals surface area (Å²) >= 11 is 0. The molecule has 0 saturated carbocycles. The van der Waals surface area contributed by atoms with Gasteiger partial charge in [-0.05, 0) is 43.3 Å². The Kier molecular flexibility index (Phi) is 7.36. The van der Waals surface area contributed by atoms with Crippen LogP contribution in [0.3, 0.4) is 0 Å². The lowest BCUT2D eigenvalue weighted by molar-refractivity contribution is -0.144. The zero-order chi connectivity index (χ0) is 21.7. The summed E-state index contributed by atoms with van der Waals surface area (Å²) in [6.07, 6.45) is 0. The van der Waals surface area contributed by atoms with Crippen molar-refractivity contribution in [1.29, 1.82) is 0 Å². The van der Waals surface area contributed by atoms with Gasteiger partial charge in [0.1, 0.15) is 25.5 Å². The monoisotopic (exact) mass is 442 g/mol. The number of carbonyl (C=O) groups is 1. The van der Waals surface area contributed by atoms with E-state index in [0.29, 0.717) is 5.75 Å². The molecular formula is C18H22N2O7S2. The van der Waals surface area contributed by atoms with Crippen LogP contribution in [-0.4, -0.2) is 53.9 Å². The molecule has 2 aromatic rings. The first-order valence-corrected chi connectivity index (χ1v) is 11.4. The number of nitrogens with zero attached hydrogens (tertiary/aromatic N) is 1. The van der Waals surface area contributed by atoms with Gasteiger partial charge in [-0.25, -0.2) is 22.0 Å². The fourth-order valence-corrected chi connectivity index (χ4v) is 3.87. The smallest absolute Gasteiger partial charge is 0.321 e. The third-order valence-electron chi connectivity index (χ3n) is 3.85. The average Bonchev–Trinajstić information content (AvgIpc) is 2.65. The lowest BCUT2D eigenvalue weighted by Crippen LogP contribution is -2.33. The first kappa shape index (κ1) is 22.8. The summed E-state index contributed by atoms with van der Waals surface area (Å²) in [6, 6.07) is 11.7. The number of aryl methyl sites for hydroxylation is 1. The molecule has 0 spiro atoms. The zero-order valence-corrected chi connectivity index (χ0v) is 17.6. The van der Waals surface area contributed by atoms with E-state index >= 15 is 0 Å². The summed E-state index contributed by atoms with van der Waals surface area (Å²) in [4.78, 5) is 11.9. The molecule has 0 heterocycles. The molecule has 0 aliphatic carbocycles. The molecule has 0 radical (unpaired) electrons. The minimum atomic E-state index is -3.80. The van der Waals surface area contributed by atoms with Crippen molar-refractivity contribution >= 4 is 26.0 Å². The molecule has 0 aliphatic rings. The predicted octanol–water partition coefficient (Wildman–Crippen LogP) is 0.885. The molecule has 0 amide bonds. The maximum atomic E-state index is 12.4. The first-order valence-electron chi connectivity index (χ1n) is 8.44. The minimum absolute atomic E-state index is 0.00882. The Balaban J connectivity index is 1.80. The predicted molar refractivity (Wildman–Crippen MR) is 105 cm³/mol. The second-order valence-corrected chi connectivity index (χ2v) is 9.77. The number of carbonyl (C=O) groups excluding carboxylic acids is 1. The molecule has 0 aromatic heterocycles. The highest BCUT2D eigenvalue weighted by Crippen LogP contribution is 2.16. The Morgan fingerprint density at radius 1 is 0.931 bits per heavy atom. The van der Waals surface area contributed by atoms with E-state index < -0.39 is 32.6 Å². The van der Waals surface area contributed by atoms with E-state index in [0.717, 1.165) is 9.87 Å². The van der Waals surface area contributed by atoms with Gasteiger partial charge in [-0.1, -0.05) is 17.7 Å². The van der Waals surface area contributed by atoms with E-state index in [-0.39, 0.29) is 23.0 Å². The Morgan fingerprint density at radius 3 is 2.03 bits per heavy atom.